The number of hydrogen-bond donors (Lipinski definition) is 0. The standard InChI is InChI=1S/C66H57N3O3S6/c1-7-19-55(20-8-1)73-43-52-31-34-64(61(67-52)46-76-58-25-13-4-14-26-58)70-40-49-37-50(41-71-65-35-32-53(44-74-56-21-9-2-10-22-56)68-62(65)47-77-59-27-15-5-16-28-59)39-51(38-49)42-72-66-36-33-54(45-75-57-23-11-3-12-24-57)69-63(66)48-78-60-29-17-6-18-30-60/h1-39H,40-48H2. The Labute approximate surface area is 484 Å². The Morgan fingerprint density at radius 1 is 0.244 bits per heavy atom. The number of rotatable bonds is 27. The molecule has 0 bridgehead atoms. The van der Waals surface area contributed by atoms with Gasteiger partial charge in [0.25, 0.3) is 0 Å². The second-order valence-electron chi connectivity index (χ2n) is 17.9. The number of benzene rings is 7. The average Bonchev–Trinajstić information content (AvgIpc) is 3.52. The lowest BCUT2D eigenvalue weighted by Gasteiger charge is -2.17. The van der Waals surface area contributed by atoms with Gasteiger partial charge in [0.2, 0.25) is 0 Å². The molecule has 3 aromatic heterocycles. The molecule has 0 spiro atoms. The van der Waals surface area contributed by atoms with Gasteiger partial charge in [-0.05, 0) is 144 Å². The van der Waals surface area contributed by atoms with Gasteiger partial charge in [-0.1, -0.05) is 109 Å². The van der Waals surface area contributed by atoms with E-state index in [1.54, 1.807) is 70.6 Å². The van der Waals surface area contributed by atoms with Crippen LogP contribution in [0, 0.1) is 0 Å². The van der Waals surface area contributed by atoms with E-state index in [1.165, 1.54) is 29.4 Å². The molecule has 12 heteroatoms. The van der Waals surface area contributed by atoms with Crippen molar-refractivity contribution >= 4 is 70.6 Å². The third-order valence-corrected chi connectivity index (χ3v) is 18.2. The van der Waals surface area contributed by atoms with Gasteiger partial charge in [-0.25, -0.2) is 0 Å². The van der Waals surface area contributed by atoms with Gasteiger partial charge in [0.05, 0.1) is 34.2 Å². The van der Waals surface area contributed by atoms with Crippen molar-refractivity contribution in [2.45, 2.75) is 83.7 Å². The molecule has 0 unspecified atom stereocenters. The number of nitrogens with zero attached hydrogens (tertiary/aromatic N) is 3. The van der Waals surface area contributed by atoms with E-state index in [0.717, 1.165) is 85.4 Å². The van der Waals surface area contributed by atoms with Gasteiger partial charge in [0.1, 0.15) is 37.1 Å². The van der Waals surface area contributed by atoms with Crippen molar-refractivity contribution in [3.8, 4) is 17.2 Å². The highest BCUT2D eigenvalue weighted by atomic mass is 32.2. The Hall–Kier alpha value is -6.51. The van der Waals surface area contributed by atoms with E-state index < -0.39 is 0 Å². The Morgan fingerprint density at radius 3 is 0.692 bits per heavy atom. The third-order valence-electron chi connectivity index (χ3n) is 12.0. The van der Waals surface area contributed by atoms with E-state index in [0.29, 0.717) is 37.1 Å². The summed E-state index contributed by atoms with van der Waals surface area (Å²) in [5, 5.41) is 0. The highest BCUT2D eigenvalue weighted by Gasteiger charge is 2.16. The Morgan fingerprint density at radius 2 is 0.462 bits per heavy atom. The largest absolute Gasteiger partial charge is 0.487 e. The van der Waals surface area contributed by atoms with Crippen LogP contribution in [0.1, 0.15) is 50.9 Å². The first-order valence-corrected chi connectivity index (χ1v) is 31.6. The normalized spacial score (nSPS) is 11.1. The molecule has 0 amide bonds. The van der Waals surface area contributed by atoms with Gasteiger partial charge in [-0.2, -0.15) is 0 Å². The van der Waals surface area contributed by atoms with Gasteiger partial charge in [-0.15, -0.1) is 70.6 Å². The minimum atomic E-state index is 0.326. The molecular weight excluding hydrogens is 1080 g/mol. The number of aromatic nitrogens is 3. The molecule has 0 fully saturated rings. The Kier molecular flexibility index (Phi) is 20.7. The first-order valence-electron chi connectivity index (χ1n) is 25.6. The van der Waals surface area contributed by atoms with Crippen LogP contribution in [0.15, 0.2) is 266 Å². The van der Waals surface area contributed by atoms with Crippen LogP contribution in [-0.4, -0.2) is 15.0 Å². The fourth-order valence-corrected chi connectivity index (χ4v) is 13.2. The molecule has 0 aliphatic carbocycles. The van der Waals surface area contributed by atoms with Gasteiger partial charge < -0.3 is 14.2 Å². The first kappa shape index (κ1) is 54.8. The molecule has 3 heterocycles. The Balaban J connectivity index is 0.916. The van der Waals surface area contributed by atoms with Crippen molar-refractivity contribution in [3.63, 3.8) is 0 Å². The number of pyridine rings is 3. The number of thioether (sulfide) groups is 6. The van der Waals surface area contributed by atoms with Gasteiger partial charge in [0.15, 0.2) is 0 Å². The monoisotopic (exact) mass is 1130 g/mol. The summed E-state index contributed by atoms with van der Waals surface area (Å²) in [6.45, 7) is 0.977. The predicted octanol–water partition coefficient (Wildman–Crippen LogP) is 18.4. The van der Waals surface area contributed by atoms with Crippen molar-refractivity contribution < 1.29 is 14.2 Å². The van der Waals surface area contributed by atoms with Crippen LogP contribution in [0.2, 0.25) is 0 Å². The fraction of sp³-hybridized carbons (Fsp3) is 0.136. The van der Waals surface area contributed by atoms with Crippen molar-refractivity contribution in [2.24, 2.45) is 0 Å². The highest BCUT2D eigenvalue weighted by Crippen LogP contribution is 2.34. The maximum absolute atomic E-state index is 6.79. The van der Waals surface area contributed by atoms with Crippen LogP contribution in [0.5, 0.6) is 17.2 Å². The summed E-state index contributed by atoms with van der Waals surface area (Å²) >= 11 is 10.6. The molecular formula is C66H57N3O3S6. The molecule has 0 aliphatic rings. The zero-order valence-electron chi connectivity index (χ0n) is 42.9. The predicted molar refractivity (Wildman–Crippen MR) is 328 cm³/mol. The van der Waals surface area contributed by atoms with E-state index in [-0.39, 0.29) is 0 Å². The lowest BCUT2D eigenvalue weighted by molar-refractivity contribution is 0.289. The molecule has 78 heavy (non-hydrogen) atoms. The van der Waals surface area contributed by atoms with Crippen LogP contribution >= 0.6 is 70.6 Å². The van der Waals surface area contributed by atoms with E-state index >= 15 is 0 Å². The summed E-state index contributed by atoms with van der Waals surface area (Å²) in [5.74, 6) is 6.57. The van der Waals surface area contributed by atoms with Crippen LogP contribution in [-0.2, 0) is 54.3 Å². The molecule has 0 radical (unpaired) electrons. The molecule has 10 rings (SSSR count). The maximum Gasteiger partial charge on any atom is 0.142 e. The minimum absolute atomic E-state index is 0.326. The summed E-state index contributed by atoms with van der Waals surface area (Å²) in [4.78, 5) is 22.8. The zero-order valence-corrected chi connectivity index (χ0v) is 47.8. The van der Waals surface area contributed by atoms with Crippen LogP contribution in [0.4, 0.5) is 0 Å². The third kappa shape index (κ3) is 17.2. The second-order valence-corrected chi connectivity index (χ2v) is 24.2. The van der Waals surface area contributed by atoms with Gasteiger partial charge in [-0.3, -0.25) is 15.0 Å². The van der Waals surface area contributed by atoms with Crippen LogP contribution < -0.4 is 14.2 Å². The lowest BCUT2D eigenvalue weighted by Crippen LogP contribution is -2.07. The highest BCUT2D eigenvalue weighted by molar-refractivity contribution is 7.99. The second kappa shape index (κ2) is 29.5. The van der Waals surface area contributed by atoms with Crippen LogP contribution in [0.25, 0.3) is 0 Å². The van der Waals surface area contributed by atoms with Gasteiger partial charge in [0, 0.05) is 63.9 Å². The zero-order chi connectivity index (χ0) is 52.8. The molecule has 0 saturated carbocycles. The molecule has 7 aromatic carbocycles. The van der Waals surface area contributed by atoms with Gasteiger partial charge >= 0.3 is 0 Å². The summed E-state index contributed by atoms with van der Waals surface area (Å²) in [6.07, 6.45) is 0. The van der Waals surface area contributed by atoms with Crippen molar-refractivity contribution in [3.05, 3.63) is 287 Å². The molecule has 10 aromatic rings. The number of hydrogen-bond acceptors (Lipinski definition) is 12. The Bertz CT molecular complexity index is 3050. The first-order chi connectivity index (χ1) is 38.6. The smallest absolute Gasteiger partial charge is 0.142 e. The quantitative estimate of drug-likeness (QED) is 0.0461. The average molecular weight is 1130 g/mol. The molecule has 0 atom stereocenters. The molecule has 0 N–H and O–H groups in total. The minimum Gasteiger partial charge on any atom is -0.487 e. The summed E-state index contributed by atoms with van der Waals surface area (Å²) in [5.41, 5.74) is 8.76. The van der Waals surface area contributed by atoms with E-state index in [4.69, 9.17) is 29.2 Å². The fourth-order valence-electron chi connectivity index (χ4n) is 8.15. The van der Waals surface area contributed by atoms with E-state index in [9.17, 15) is 0 Å². The van der Waals surface area contributed by atoms with E-state index in [2.05, 4.69) is 200 Å². The van der Waals surface area contributed by atoms with Crippen molar-refractivity contribution in [1.82, 2.24) is 15.0 Å². The molecule has 0 aliphatic heterocycles. The number of ether oxygens (including phenoxy) is 3. The summed E-state index contributed by atoms with van der Waals surface area (Å²) < 4.78 is 20.4. The summed E-state index contributed by atoms with van der Waals surface area (Å²) in [6, 6.07) is 81.9. The molecule has 0 saturated heterocycles. The SMILES string of the molecule is c1ccc(SCc2ccc(OCc3cc(COc4ccc(CSc5ccccc5)nc4CSc4ccccc4)cc(COc4ccc(CSc5ccccc5)nc4CSc4ccccc4)c3)c(CSc3ccccc3)n2)cc1. The van der Waals surface area contributed by atoms with E-state index in [1.807, 2.05) is 36.4 Å². The molecule has 6 nitrogen and oxygen atoms in total. The summed E-state index contributed by atoms with van der Waals surface area (Å²) in [7, 11) is 0. The topological polar surface area (TPSA) is 66.4 Å². The molecule has 390 valence electrons. The lowest BCUT2D eigenvalue weighted by atomic mass is 10.1. The van der Waals surface area contributed by atoms with Crippen LogP contribution in [0.3, 0.4) is 0 Å². The van der Waals surface area contributed by atoms with Crippen molar-refractivity contribution in [2.75, 3.05) is 0 Å². The maximum atomic E-state index is 6.79. The van der Waals surface area contributed by atoms with Crippen molar-refractivity contribution in [1.29, 1.82) is 0 Å².